The highest BCUT2D eigenvalue weighted by Crippen LogP contribution is 2.29. The number of hydrogen-bond acceptors (Lipinski definition) is 10. The molecule has 1 N–H and O–H groups in total. The molecule has 0 aliphatic carbocycles. The summed E-state index contributed by atoms with van der Waals surface area (Å²) in [6.45, 7) is 0.948. The molecule has 2 atom stereocenters. The minimum Gasteiger partial charge on any atom is -0.497 e. The Balaban J connectivity index is 1.39. The zero-order valence-electron chi connectivity index (χ0n) is 25.0. The van der Waals surface area contributed by atoms with E-state index in [1.807, 2.05) is 24.3 Å². The van der Waals surface area contributed by atoms with Crippen LogP contribution in [0.2, 0.25) is 0 Å². The lowest BCUT2D eigenvalue weighted by atomic mass is 10.1. The standard InChI is InChI=1S/C31H36N6O7/c1-40-23-11-9-22(10-12-23)30-33-35-37(34-30)20-28(38)36(15-14-21-8-13-25(41-2)27(18-21)42-3)29(26-7-5-17-44-26)31(39)32-19-24-6-4-16-43-24/h5,7-13,17-18,24,29H,4,6,14-16,19-20H2,1-3H3,(H,32,39). The SMILES string of the molecule is COc1ccc(-c2nnn(CC(=O)N(CCc3ccc(OC)c(OC)c3)C(C(=O)NCC3CCCO3)c3ccco3)n2)cc1. The van der Waals surface area contributed by atoms with Gasteiger partial charge in [0.2, 0.25) is 11.7 Å². The summed E-state index contributed by atoms with van der Waals surface area (Å²) in [6.07, 6.45) is 3.64. The second-order valence-electron chi connectivity index (χ2n) is 10.2. The van der Waals surface area contributed by atoms with Crippen LogP contribution in [0, 0.1) is 0 Å². The first-order valence-corrected chi connectivity index (χ1v) is 14.3. The van der Waals surface area contributed by atoms with E-state index in [-0.39, 0.29) is 25.1 Å². The summed E-state index contributed by atoms with van der Waals surface area (Å²) in [6, 6.07) is 15.1. The van der Waals surface area contributed by atoms with Crippen molar-refractivity contribution in [2.45, 2.75) is 38.0 Å². The van der Waals surface area contributed by atoms with E-state index in [1.54, 1.807) is 51.7 Å². The first-order valence-electron chi connectivity index (χ1n) is 14.3. The van der Waals surface area contributed by atoms with Crippen molar-refractivity contribution in [1.29, 1.82) is 0 Å². The van der Waals surface area contributed by atoms with Crippen molar-refractivity contribution in [3.63, 3.8) is 0 Å². The van der Waals surface area contributed by atoms with E-state index in [0.717, 1.165) is 24.0 Å². The molecule has 2 unspecified atom stereocenters. The van der Waals surface area contributed by atoms with Crippen LogP contribution in [0.5, 0.6) is 17.2 Å². The van der Waals surface area contributed by atoms with Gasteiger partial charge >= 0.3 is 0 Å². The average Bonchev–Trinajstić information content (AvgIpc) is 3.86. The van der Waals surface area contributed by atoms with Gasteiger partial charge in [-0.3, -0.25) is 9.59 Å². The van der Waals surface area contributed by atoms with Crippen molar-refractivity contribution in [3.8, 4) is 28.6 Å². The van der Waals surface area contributed by atoms with Crippen molar-refractivity contribution in [3.05, 3.63) is 72.2 Å². The molecule has 44 heavy (non-hydrogen) atoms. The number of tetrazole rings is 1. The highest BCUT2D eigenvalue weighted by molar-refractivity contribution is 5.88. The number of nitrogens with one attached hydrogen (secondary N) is 1. The Hall–Kier alpha value is -4.91. The molecule has 0 saturated carbocycles. The van der Waals surface area contributed by atoms with Gasteiger partial charge in [0.05, 0.1) is 33.7 Å². The van der Waals surface area contributed by atoms with Crippen LogP contribution >= 0.6 is 0 Å². The van der Waals surface area contributed by atoms with Gasteiger partial charge in [0.1, 0.15) is 18.1 Å². The highest BCUT2D eigenvalue weighted by Gasteiger charge is 2.34. The molecule has 4 aromatic rings. The molecule has 0 bridgehead atoms. The van der Waals surface area contributed by atoms with Gasteiger partial charge in [-0.2, -0.15) is 4.80 Å². The third-order valence-corrected chi connectivity index (χ3v) is 7.39. The van der Waals surface area contributed by atoms with Crippen molar-refractivity contribution in [2.24, 2.45) is 0 Å². The maximum absolute atomic E-state index is 14.0. The molecule has 2 aromatic carbocycles. The van der Waals surface area contributed by atoms with Crippen LogP contribution in [0.15, 0.2) is 65.3 Å². The van der Waals surface area contributed by atoms with Crippen molar-refractivity contribution < 1.29 is 33.0 Å². The van der Waals surface area contributed by atoms with Crippen LogP contribution in [-0.2, 0) is 27.3 Å². The molecule has 0 radical (unpaired) electrons. The van der Waals surface area contributed by atoms with Gasteiger partial charge < -0.3 is 33.6 Å². The van der Waals surface area contributed by atoms with E-state index in [2.05, 4.69) is 20.7 Å². The number of carbonyl (C=O) groups is 2. The zero-order chi connectivity index (χ0) is 30.9. The minimum absolute atomic E-state index is 0.0668. The Bertz CT molecular complexity index is 1520. The molecular formula is C31H36N6O7. The molecule has 1 aliphatic rings. The van der Waals surface area contributed by atoms with Gasteiger partial charge in [0.25, 0.3) is 5.91 Å². The maximum Gasteiger partial charge on any atom is 0.250 e. The fourth-order valence-corrected chi connectivity index (χ4v) is 5.05. The molecule has 5 rings (SSSR count). The number of furan rings is 1. The lowest BCUT2D eigenvalue weighted by Gasteiger charge is -2.30. The molecule has 3 heterocycles. The lowest BCUT2D eigenvalue weighted by Crippen LogP contribution is -2.47. The fraction of sp³-hybridized carbons (Fsp3) is 0.387. The Morgan fingerprint density at radius 3 is 2.57 bits per heavy atom. The molecule has 13 nitrogen and oxygen atoms in total. The molecule has 1 aliphatic heterocycles. The Kier molecular flexibility index (Phi) is 10.1. The topological polar surface area (TPSA) is 143 Å². The Morgan fingerprint density at radius 1 is 1.07 bits per heavy atom. The van der Waals surface area contributed by atoms with Crippen LogP contribution in [0.4, 0.5) is 0 Å². The smallest absolute Gasteiger partial charge is 0.250 e. The first-order chi connectivity index (χ1) is 21.5. The number of benzene rings is 2. The molecule has 2 amide bonds. The van der Waals surface area contributed by atoms with E-state index >= 15 is 0 Å². The second kappa shape index (κ2) is 14.5. The van der Waals surface area contributed by atoms with E-state index in [4.69, 9.17) is 23.4 Å². The summed E-state index contributed by atoms with van der Waals surface area (Å²) in [4.78, 5) is 30.4. The number of rotatable bonds is 14. The predicted molar refractivity (Wildman–Crippen MR) is 158 cm³/mol. The summed E-state index contributed by atoms with van der Waals surface area (Å²) >= 11 is 0. The van der Waals surface area contributed by atoms with Gasteiger partial charge in [-0.05, 0) is 78.6 Å². The number of nitrogens with zero attached hydrogens (tertiary/aromatic N) is 5. The third-order valence-electron chi connectivity index (χ3n) is 7.39. The molecule has 1 fully saturated rings. The van der Waals surface area contributed by atoms with Crippen molar-refractivity contribution in [1.82, 2.24) is 30.4 Å². The second-order valence-corrected chi connectivity index (χ2v) is 10.2. The summed E-state index contributed by atoms with van der Waals surface area (Å²) in [7, 11) is 4.72. The molecular weight excluding hydrogens is 568 g/mol. The summed E-state index contributed by atoms with van der Waals surface area (Å²) < 4.78 is 27.4. The minimum atomic E-state index is -1.04. The molecule has 2 aromatic heterocycles. The molecule has 232 valence electrons. The van der Waals surface area contributed by atoms with Crippen molar-refractivity contribution >= 4 is 11.8 Å². The normalized spacial score (nSPS) is 15.0. The fourth-order valence-electron chi connectivity index (χ4n) is 5.05. The van der Waals surface area contributed by atoms with Gasteiger partial charge in [-0.1, -0.05) is 6.07 Å². The third kappa shape index (κ3) is 7.35. The monoisotopic (exact) mass is 604 g/mol. The lowest BCUT2D eigenvalue weighted by molar-refractivity contribution is -0.142. The summed E-state index contributed by atoms with van der Waals surface area (Å²) in [5, 5.41) is 15.6. The number of aromatic nitrogens is 4. The Morgan fingerprint density at radius 2 is 1.89 bits per heavy atom. The van der Waals surface area contributed by atoms with Crippen LogP contribution < -0.4 is 19.5 Å². The van der Waals surface area contributed by atoms with Crippen LogP contribution in [0.3, 0.4) is 0 Å². The predicted octanol–water partition coefficient (Wildman–Crippen LogP) is 3.07. The maximum atomic E-state index is 14.0. The summed E-state index contributed by atoms with van der Waals surface area (Å²) in [5.74, 6) is 1.78. The molecule has 13 heteroatoms. The molecule has 1 saturated heterocycles. The number of hydrogen-bond donors (Lipinski definition) is 1. The van der Waals surface area contributed by atoms with E-state index in [0.29, 0.717) is 48.4 Å². The van der Waals surface area contributed by atoms with Crippen LogP contribution in [0.1, 0.15) is 30.2 Å². The number of ether oxygens (including phenoxy) is 4. The van der Waals surface area contributed by atoms with Crippen molar-refractivity contribution in [2.75, 3.05) is 41.0 Å². The van der Waals surface area contributed by atoms with Gasteiger partial charge in [-0.15, -0.1) is 10.2 Å². The average molecular weight is 605 g/mol. The largest absolute Gasteiger partial charge is 0.497 e. The van der Waals surface area contributed by atoms with E-state index in [9.17, 15) is 9.59 Å². The van der Waals surface area contributed by atoms with Crippen LogP contribution in [-0.4, -0.2) is 84.1 Å². The van der Waals surface area contributed by atoms with Crippen LogP contribution in [0.25, 0.3) is 11.4 Å². The zero-order valence-corrected chi connectivity index (χ0v) is 25.0. The van der Waals surface area contributed by atoms with Gasteiger partial charge in [0, 0.05) is 25.3 Å². The quantitative estimate of drug-likeness (QED) is 0.228. The number of amides is 2. The number of methoxy groups -OCH3 is 3. The molecule has 0 spiro atoms. The van der Waals surface area contributed by atoms with Gasteiger partial charge in [-0.25, -0.2) is 0 Å². The first kappa shape index (κ1) is 30.5. The Labute approximate surface area is 255 Å². The van der Waals surface area contributed by atoms with E-state index in [1.165, 1.54) is 16.0 Å². The van der Waals surface area contributed by atoms with Gasteiger partial charge in [0.15, 0.2) is 17.5 Å². The highest BCUT2D eigenvalue weighted by atomic mass is 16.5. The number of carbonyl (C=O) groups excluding carboxylic acids is 2. The van der Waals surface area contributed by atoms with E-state index < -0.39 is 11.9 Å². The summed E-state index contributed by atoms with van der Waals surface area (Å²) in [5.41, 5.74) is 1.61.